The third kappa shape index (κ3) is 6.28. The first-order valence-corrected chi connectivity index (χ1v) is 10.5. The zero-order valence-corrected chi connectivity index (χ0v) is 21.0. The first kappa shape index (κ1) is 25.8. The van der Waals surface area contributed by atoms with Gasteiger partial charge in [-0.2, -0.15) is 0 Å². The van der Waals surface area contributed by atoms with Crippen LogP contribution in [-0.2, 0) is 4.57 Å². The first-order chi connectivity index (χ1) is 14.9. The Morgan fingerprint density at radius 3 is 1.72 bits per heavy atom. The minimum absolute atomic E-state index is 0. The number of rotatable bonds is 9. The van der Waals surface area contributed by atoms with E-state index in [-0.39, 0.29) is 69.5 Å². The second kappa shape index (κ2) is 11.4. The molecule has 1 atom stereocenters. The van der Waals surface area contributed by atoms with Gasteiger partial charge in [0.25, 0.3) is 0 Å². The van der Waals surface area contributed by atoms with Crippen molar-refractivity contribution in [3.8, 4) is 28.7 Å². The van der Waals surface area contributed by atoms with Crippen molar-refractivity contribution in [2.24, 2.45) is 0 Å². The molecule has 0 heterocycles. The molecule has 0 bridgehead atoms. The molecular weight excluding hydrogens is 446 g/mol. The molecule has 3 aromatic rings. The van der Waals surface area contributed by atoms with Crippen LogP contribution in [0.3, 0.4) is 0 Å². The number of hydrogen-bond donors (Lipinski definition) is 0. The maximum Gasteiger partial charge on any atom is 1.00 e. The van der Waals surface area contributed by atoms with Crippen molar-refractivity contribution in [2.75, 3.05) is 21.3 Å². The third-order valence-corrected chi connectivity index (χ3v) is 5.11. The number of phosphoric acid groups is 1. The average molecular weight is 466 g/mol. The van der Waals surface area contributed by atoms with Crippen molar-refractivity contribution in [1.29, 1.82) is 0 Å². The monoisotopic (exact) mass is 466 g/mol. The molecule has 32 heavy (non-hydrogen) atoms. The van der Waals surface area contributed by atoms with Crippen LogP contribution in [0, 0.1) is 0 Å². The second-order valence-electron chi connectivity index (χ2n) is 6.20. The number of phosphoric ester groups is 1. The van der Waals surface area contributed by atoms with Crippen LogP contribution >= 0.6 is 7.82 Å². The Labute approximate surface area is 207 Å². The molecule has 0 spiro atoms. The summed E-state index contributed by atoms with van der Waals surface area (Å²) in [6, 6.07) is 16.7. The molecule has 0 aliphatic rings. The molecule has 0 saturated heterocycles. The van der Waals surface area contributed by atoms with E-state index in [0.29, 0.717) is 5.75 Å². The summed E-state index contributed by atoms with van der Waals surface area (Å²) in [5, 5.41) is 0. The van der Waals surface area contributed by atoms with Crippen LogP contribution in [0.1, 0.15) is 15.9 Å². The molecule has 0 N–H and O–H groups in total. The quantitative estimate of drug-likeness (QED) is 0.260. The van der Waals surface area contributed by atoms with Gasteiger partial charge in [0.15, 0.2) is 0 Å². The summed E-state index contributed by atoms with van der Waals surface area (Å²) in [7, 11) is -0.304. The molecule has 3 rings (SSSR count). The smallest absolute Gasteiger partial charge is 0.736 e. The van der Waals surface area contributed by atoms with Gasteiger partial charge in [0.2, 0.25) is 5.78 Å². The van der Waals surface area contributed by atoms with Crippen LogP contribution in [0.4, 0.5) is 0 Å². The summed E-state index contributed by atoms with van der Waals surface area (Å²) in [5.74, 6) is 0.779. The number of benzene rings is 3. The molecule has 0 amide bonds. The van der Waals surface area contributed by atoms with Crippen LogP contribution in [0.25, 0.3) is 0 Å². The van der Waals surface area contributed by atoms with Gasteiger partial charge in [-0.3, -0.25) is 4.79 Å². The molecule has 162 valence electrons. The average Bonchev–Trinajstić information content (AvgIpc) is 2.78. The van der Waals surface area contributed by atoms with Gasteiger partial charge in [0, 0.05) is 17.7 Å². The molecule has 8 nitrogen and oxygen atoms in total. The van der Waals surface area contributed by atoms with E-state index in [0.717, 1.165) is 0 Å². The SMILES string of the molecule is COc1cc(OC)c(C(=O)c2ccc(OP(=O)([O-])Oc3ccccc3)cc2)c(OC)c1.[Na+]. The van der Waals surface area contributed by atoms with Crippen molar-refractivity contribution in [3.63, 3.8) is 0 Å². The van der Waals surface area contributed by atoms with Crippen molar-refractivity contribution < 1.29 is 67.1 Å². The largest absolute Gasteiger partial charge is 1.00 e. The van der Waals surface area contributed by atoms with E-state index in [1.807, 2.05) is 0 Å². The maximum atomic E-state index is 13.1. The van der Waals surface area contributed by atoms with Crippen LogP contribution in [0.2, 0.25) is 0 Å². The van der Waals surface area contributed by atoms with E-state index in [2.05, 4.69) is 0 Å². The van der Waals surface area contributed by atoms with Crippen molar-refractivity contribution in [3.05, 3.63) is 77.9 Å². The van der Waals surface area contributed by atoms with Crippen LogP contribution < -0.4 is 57.7 Å². The van der Waals surface area contributed by atoms with Crippen molar-refractivity contribution in [2.45, 2.75) is 0 Å². The fourth-order valence-corrected chi connectivity index (χ4v) is 3.60. The molecule has 0 radical (unpaired) electrons. The van der Waals surface area contributed by atoms with Gasteiger partial charge in [-0.15, -0.1) is 0 Å². The Morgan fingerprint density at radius 2 is 1.25 bits per heavy atom. The van der Waals surface area contributed by atoms with Crippen molar-refractivity contribution >= 4 is 13.6 Å². The Hall–Kier alpha value is -2.48. The van der Waals surface area contributed by atoms with Crippen LogP contribution in [0.15, 0.2) is 66.7 Å². The molecule has 0 saturated carbocycles. The predicted molar refractivity (Wildman–Crippen MR) is 111 cm³/mol. The van der Waals surface area contributed by atoms with E-state index in [4.69, 9.17) is 23.3 Å². The third-order valence-electron chi connectivity index (χ3n) is 4.24. The number of carbonyl (C=O) groups excluding carboxylic acids is 1. The maximum absolute atomic E-state index is 13.1. The molecule has 3 aromatic carbocycles. The number of ketones is 1. The fourth-order valence-electron chi connectivity index (χ4n) is 2.80. The van der Waals surface area contributed by atoms with Gasteiger partial charge in [0.05, 0.1) is 21.3 Å². The summed E-state index contributed by atoms with van der Waals surface area (Å²) in [4.78, 5) is 25.2. The molecule has 0 fully saturated rings. The standard InChI is InChI=1S/C22H21O8P.Na/c1-26-18-13-19(27-2)21(20(14-18)28-3)22(23)15-9-11-17(12-10-15)30-31(24,25)29-16-7-5-4-6-8-16;/h4-14H,1-3H3,(H,24,25);/q;+1/p-1. The minimum Gasteiger partial charge on any atom is -0.736 e. The van der Waals surface area contributed by atoms with Crippen LogP contribution in [-0.4, -0.2) is 27.1 Å². The van der Waals surface area contributed by atoms with E-state index in [1.54, 1.807) is 30.3 Å². The summed E-state index contributed by atoms with van der Waals surface area (Å²) >= 11 is 0. The number of methoxy groups -OCH3 is 3. The predicted octanol–water partition coefficient (Wildman–Crippen LogP) is 0.874. The number of hydrogen-bond acceptors (Lipinski definition) is 8. The van der Waals surface area contributed by atoms with E-state index in [1.165, 1.54) is 57.7 Å². The topological polar surface area (TPSA) is 103 Å². The zero-order chi connectivity index (χ0) is 22.4. The van der Waals surface area contributed by atoms with E-state index < -0.39 is 7.82 Å². The number of para-hydroxylation sites is 1. The molecule has 0 aromatic heterocycles. The molecular formula is C22H20NaO8P. The van der Waals surface area contributed by atoms with E-state index >= 15 is 0 Å². The Balaban J connectivity index is 0.00000363. The van der Waals surface area contributed by atoms with Gasteiger partial charge < -0.3 is 28.2 Å². The minimum atomic E-state index is -4.66. The fraction of sp³-hybridized carbons (Fsp3) is 0.136. The molecule has 1 unspecified atom stereocenters. The first-order valence-electron chi connectivity index (χ1n) is 9.07. The molecule has 0 aliphatic carbocycles. The van der Waals surface area contributed by atoms with Crippen LogP contribution in [0.5, 0.6) is 28.7 Å². The molecule has 10 heteroatoms. The van der Waals surface area contributed by atoms with Gasteiger partial charge in [-0.05, 0) is 36.4 Å². The van der Waals surface area contributed by atoms with Gasteiger partial charge in [-0.25, -0.2) is 4.57 Å². The summed E-state index contributed by atoms with van der Waals surface area (Å²) in [6.45, 7) is 0. The molecule has 0 aliphatic heterocycles. The number of carbonyl (C=O) groups is 1. The van der Waals surface area contributed by atoms with Gasteiger partial charge in [-0.1, -0.05) is 18.2 Å². The number of ether oxygens (including phenoxy) is 3. The Kier molecular flexibility index (Phi) is 9.19. The van der Waals surface area contributed by atoms with Crippen molar-refractivity contribution in [1.82, 2.24) is 0 Å². The normalized spacial score (nSPS) is 12.0. The zero-order valence-electron chi connectivity index (χ0n) is 18.1. The Morgan fingerprint density at radius 1 is 0.750 bits per heavy atom. The van der Waals surface area contributed by atoms with Gasteiger partial charge >= 0.3 is 37.4 Å². The van der Waals surface area contributed by atoms with E-state index in [9.17, 15) is 14.3 Å². The summed E-state index contributed by atoms with van der Waals surface area (Å²) < 4.78 is 37.8. The van der Waals surface area contributed by atoms with Gasteiger partial charge in [0.1, 0.15) is 34.3 Å². The summed E-state index contributed by atoms with van der Waals surface area (Å²) in [6.07, 6.45) is 0. The second-order valence-corrected chi connectivity index (χ2v) is 7.46. The summed E-state index contributed by atoms with van der Waals surface area (Å²) in [5.41, 5.74) is 0.486. The Bertz CT molecular complexity index is 1080.